The number of ether oxygens (including phenoxy) is 1. The van der Waals surface area contributed by atoms with Crippen LogP contribution in [0, 0.1) is 12.3 Å². The fraction of sp³-hybridized carbons (Fsp3) is 0.571. The molecule has 1 saturated heterocycles. The van der Waals surface area contributed by atoms with Gasteiger partial charge in [0.25, 0.3) is 0 Å². The lowest BCUT2D eigenvalue weighted by molar-refractivity contribution is -0.148. The number of rotatable bonds is 4. The summed E-state index contributed by atoms with van der Waals surface area (Å²) < 4.78 is 10.6. The molecule has 0 spiro atoms. The summed E-state index contributed by atoms with van der Waals surface area (Å²) in [6, 6.07) is 2.72. The average molecular weight is 296 g/mol. The molecule has 2 rings (SSSR count). The number of hydrogen-bond acceptors (Lipinski definition) is 4. The Morgan fingerprint density at radius 2 is 2.24 bits per heavy atom. The van der Waals surface area contributed by atoms with Gasteiger partial charge in [0.15, 0.2) is 0 Å². The van der Waals surface area contributed by atoms with Gasteiger partial charge in [-0.1, -0.05) is 0 Å². The van der Waals surface area contributed by atoms with Crippen LogP contribution in [0.4, 0.5) is 4.79 Å². The fourth-order valence-corrected chi connectivity index (χ4v) is 2.22. The number of urea groups is 1. The molecule has 1 fully saturated rings. The van der Waals surface area contributed by atoms with E-state index in [4.69, 9.17) is 9.15 Å². The molecule has 2 N–H and O–H groups in total. The van der Waals surface area contributed by atoms with Crippen molar-refractivity contribution in [3.63, 3.8) is 0 Å². The van der Waals surface area contributed by atoms with Crippen molar-refractivity contribution < 1.29 is 23.8 Å². The highest BCUT2D eigenvalue weighted by Gasteiger charge is 2.47. The lowest BCUT2D eigenvalue weighted by Gasteiger charge is -2.27. The molecule has 21 heavy (non-hydrogen) atoms. The molecule has 2 amide bonds. The Hall–Kier alpha value is -2.02. The summed E-state index contributed by atoms with van der Waals surface area (Å²) in [5, 5.41) is 12.0. The van der Waals surface area contributed by atoms with Crippen molar-refractivity contribution in [1.29, 1.82) is 0 Å². The Labute approximate surface area is 122 Å². The van der Waals surface area contributed by atoms with Crippen LogP contribution in [-0.4, -0.2) is 48.3 Å². The van der Waals surface area contributed by atoms with E-state index < -0.39 is 17.4 Å². The summed E-state index contributed by atoms with van der Waals surface area (Å²) in [5.41, 5.74) is -1.10. The van der Waals surface area contributed by atoms with E-state index in [0.717, 1.165) is 5.76 Å². The highest BCUT2D eigenvalue weighted by atomic mass is 16.5. The van der Waals surface area contributed by atoms with Crippen molar-refractivity contribution in [2.24, 2.45) is 5.41 Å². The smallest absolute Gasteiger partial charge is 0.317 e. The maximum atomic E-state index is 12.1. The minimum atomic E-state index is -1.10. The molecule has 2 unspecified atom stereocenters. The van der Waals surface area contributed by atoms with Crippen LogP contribution in [0.1, 0.15) is 18.4 Å². The zero-order valence-corrected chi connectivity index (χ0v) is 12.4. The molecule has 0 saturated carbocycles. The van der Waals surface area contributed by atoms with Crippen LogP contribution in [0.2, 0.25) is 0 Å². The standard InChI is InChI=1S/C14H20N2O5/c1-9-4-5-10(21-9)6-16(3)13(19)15-11-7-20-8-14(11,2)12(17)18/h4-5,11H,6-8H2,1-3H3,(H,15,19)(H,17,18). The van der Waals surface area contributed by atoms with Crippen molar-refractivity contribution >= 4 is 12.0 Å². The maximum absolute atomic E-state index is 12.1. The fourth-order valence-electron chi connectivity index (χ4n) is 2.22. The number of hydrogen-bond donors (Lipinski definition) is 2. The molecule has 7 heteroatoms. The first kappa shape index (κ1) is 15.4. The Kier molecular flexibility index (Phi) is 4.22. The number of carbonyl (C=O) groups excluding carboxylic acids is 1. The largest absolute Gasteiger partial charge is 0.481 e. The van der Waals surface area contributed by atoms with Crippen LogP contribution in [0.3, 0.4) is 0 Å². The first-order valence-electron chi connectivity index (χ1n) is 6.71. The van der Waals surface area contributed by atoms with Gasteiger partial charge in [-0.25, -0.2) is 4.79 Å². The zero-order chi connectivity index (χ0) is 15.6. The van der Waals surface area contributed by atoms with Crippen LogP contribution in [0.25, 0.3) is 0 Å². The first-order chi connectivity index (χ1) is 9.83. The van der Waals surface area contributed by atoms with Gasteiger partial charge in [-0.05, 0) is 26.0 Å². The van der Waals surface area contributed by atoms with Crippen molar-refractivity contribution in [3.05, 3.63) is 23.7 Å². The Bertz CT molecular complexity index is 541. The van der Waals surface area contributed by atoms with Gasteiger partial charge in [-0.15, -0.1) is 0 Å². The number of nitrogens with zero attached hydrogens (tertiary/aromatic N) is 1. The predicted octanol–water partition coefficient (Wildman–Crippen LogP) is 1.22. The van der Waals surface area contributed by atoms with E-state index in [1.54, 1.807) is 20.0 Å². The summed E-state index contributed by atoms with van der Waals surface area (Å²) >= 11 is 0. The highest BCUT2D eigenvalue weighted by Crippen LogP contribution is 2.28. The van der Waals surface area contributed by atoms with Crippen molar-refractivity contribution in [3.8, 4) is 0 Å². The molecule has 2 heterocycles. The van der Waals surface area contributed by atoms with Gasteiger partial charge >= 0.3 is 12.0 Å². The second-order valence-corrected chi connectivity index (χ2v) is 5.61. The highest BCUT2D eigenvalue weighted by molar-refractivity contribution is 5.79. The third-order valence-electron chi connectivity index (χ3n) is 3.78. The Morgan fingerprint density at radius 3 is 2.81 bits per heavy atom. The number of carboxylic acid groups (broad SMARTS) is 1. The quantitative estimate of drug-likeness (QED) is 0.871. The van der Waals surface area contributed by atoms with Crippen LogP contribution in [0.5, 0.6) is 0 Å². The number of nitrogens with one attached hydrogen (secondary N) is 1. The molecule has 1 aromatic heterocycles. The lowest BCUT2D eigenvalue weighted by Crippen LogP contribution is -2.52. The number of furan rings is 1. The molecule has 0 bridgehead atoms. The van der Waals surface area contributed by atoms with Crippen LogP contribution < -0.4 is 5.32 Å². The Morgan fingerprint density at radius 1 is 1.52 bits per heavy atom. The molecule has 0 aromatic carbocycles. The minimum Gasteiger partial charge on any atom is -0.481 e. The number of aryl methyl sites for hydroxylation is 1. The van der Waals surface area contributed by atoms with Crippen LogP contribution in [0.15, 0.2) is 16.5 Å². The molecule has 2 atom stereocenters. The van der Waals surface area contributed by atoms with Gasteiger partial charge in [-0.2, -0.15) is 0 Å². The Balaban J connectivity index is 1.96. The number of amides is 2. The van der Waals surface area contributed by atoms with Gasteiger partial charge in [0, 0.05) is 7.05 Å². The van der Waals surface area contributed by atoms with E-state index in [0.29, 0.717) is 12.3 Å². The molecule has 1 aliphatic rings. The monoisotopic (exact) mass is 296 g/mol. The molecule has 116 valence electrons. The minimum absolute atomic E-state index is 0.0916. The van der Waals surface area contributed by atoms with Gasteiger partial charge < -0.3 is 24.5 Å². The third kappa shape index (κ3) is 3.18. The maximum Gasteiger partial charge on any atom is 0.317 e. The lowest BCUT2D eigenvalue weighted by atomic mass is 9.85. The normalized spacial score (nSPS) is 24.8. The zero-order valence-electron chi connectivity index (χ0n) is 12.4. The molecular weight excluding hydrogens is 276 g/mol. The number of carbonyl (C=O) groups is 2. The van der Waals surface area contributed by atoms with Crippen molar-refractivity contribution in [2.45, 2.75) is 26.4 Å². The molecule has 1 aromatic rings. The molecule has 0 aliphatic carbocycles. The summed E-state index contributed by atoms with van der Waals surface area (Å²) in [6.45, 7) is 4.01. The third-order valence-corrected chi connectivity index (χ3v) is 3.78. The number of aliphatic carboxylic acids is 1. The second kappa shape index (κ2) is 5.77. The van der Waals surface area contributed by atoms with Crippen molar-refractivity contribution in [2.75, 3.05) is 20.3 Å². The van der Waals surface area contributed by atoms with Crippen molar-refractivity contribution in [1.82, 2.24) is 10.2 Å². The van der Waals surface area contributed by atoms with E-state index in [2.05, 4.69) is 5.32 Å². The summed E-state index contributed by atoms with van der Waals surface area (Å²) in [7, 11) is 1.63. The second-order valence-electron chi connectivity index (χ2n) is 5.61. The molecule has 7 nitrogen and oxygen atoms in total. The average Bonchev–Trinajstić information content (AvgIpc) is 2.97. The molecular formula is C14H20N2O5. The van der Waals surface area contributed by atoms with Crippen LogP contribution >= 0.6 is 0 Å². The molecule has 1 aliphatic heterocycles. The van der Waals surface area contributed by atoms with Gasteiger partial charge in [-0.3, -0.25) is 4.79 Å². The summed E-state index contributed by atoms with van der Waals surface area (Å²) in [5.74, 6) is 0.477. The topological polar surface area (TPSA) is 92.0 Å². The number of carboxylic acids is 1. The first-order valence-corrected chi connectivity index (χ1v) is 6.71. The van der Waals surface area contributed by atoms with E-state index in [1.165, 1.54) is 4.90 Å². The molecule has 0 radical (unpaired) electrons. The SMILES string of the molecule is Cc1ccc(CN(C)C(=O)NC2COCC2(C)C(=O)O)o1. The van der Waals surface area contributed by atoms with Gasteiger partial charge in [0.05, 0.1) is 25.8 Å². The van der Waals surface area contributed by atoms with E-state index in [1.807, 2.05) is 13.0 Å². The van der Waals surface area contributed by atoms with Gasteiger partial charge in [0.1, 0.15) is 16.9 Å². The summed E-state index contributed by atoms with van der Waals surface area (Å²) in [4.78, 5) is 24.9. The summed E-state index contributed by atoms with van der Waals surface area (Å²) in [6.07, 6.45) is 0. The van der Waals surface area contributed by atoms with Gasteiger partial charge in [0.2, 0.25) is 0 Å². The predicted molar refractivity (Wildman–Crippen MR) is 73.8 cm³/mol. The van der Waals surface area contributed by atoms with Crippen LogP contribution in [-0.2, 0) is 16.1 Å². The van der Waals surface area contributed by atoms with E-state index >= 15 is 0 Å². The van der Waals surface area contributed by atoms with E-state index in [9.17, 15) is 14.7 Å². The van der Waals surface area contributed by atoms with E-state index in [-0.39, 0.29) is 19.2 Å².